The molecule has 2 aromatic heterocycles. The Labute approximate surface area is 151 Å². The molecule has 2 heterocycles. The number of carbonyl (C=O) groups is 1. The molecule has 0 saturated heterocycles. The van der Waals surface area contributed by atoms with Crippen LogP contribution in [0, 0.1) is 13.8 Å². The average Bonchev–Trinajstić information content (AvgIpc) is 3.29. The van der Waals surface area contributed by atoms with E-state index in [1.807, 2.05) is 54.8 Å². The fraction of sp³-hybridized carbons (Fsp3) is 0.250. The molecule has 5 heteroatoms. The zero-order valence-corrected chi connectivity index (χ0v) is 15.2. The van der Waals surface area contributed by atoms with E-state index in [-0.39, 0.29) is 12.5 Å². The van der Waals surface area contributed by atoms with Crippen LogP contribution in [0.5, 0.6) is 5.75 Å². The number of furan rings is 1. The molecule has 0 unspecified atom stereocenters. The van der Waals surface area contributed by atoms with Gasteiger partial charge in [-0.15, -0.1) is 11.3 Å². The maximum absolute atomic E-state index is 12.7. The van der Waals surface area contributed by atoms with E-state index in [0.717, 1.165) is 16.2 Å². The smallest absolute Gasteiger partial charge is 0.261 e. The molecule has 0 N–H and O–H groups in total. The highest BCUT2D eigenvalue weighted by molar-refractivity contribution is 7.09. The van der Waals surface area contributed by atoms with Gasteiger partial charge in [-0.1, -0.05) is 12.1 Å². The summed E-state index contributed by atoms with van der Waals surface area (Å²) in [6, 6.07) is 13.6. The molecule has 0 aliphatic rings. The molecule has 0 radical (unpaired) electrons. The van der Waals surface area contributed by atoms with Crippen LogP contribution in [-0.4, -0.2) is 17.4 Å². The number of carbonyl (C=O) groups excluding carboxylic acids is 1. The summed E-state index contributed by atoms with van der Waals surface area (Å²) in [6.45, 7) is 5.07. The first-order valence-electron chi connectivity index (χ1n) is 8.14. The number of ether oxygens (including phenoxy) is 1. The molecule has 0 bridgehead atoms. The minimum atomic E-state index is -0.0666. The van der Waals surface area contributed by atoms with Crippen LogP contribution in [0.3, 0.4) is 0 Å². The molecule has 4 nitrogen and oxygen atoms in total. The number of thiophene rings is 1. The summed E-state index contributed by atoms with van der Waals surface area (Å²) in [6.07, 6.45) is 1.62. The van der Waals surface area contributed by atoms with E-state index in [1.165, 1.54) is 5.56 Å². The topological polar surface area (TPSA) is 42.7 Å². The molecule has 0 aliphatic heterocycles. The molecule has 0 saturated carbocycles. The van der Waals surface area contributed by atoms with Crippen LogP contribution in [0.1, 0.15) is 21.8 Å². The second kappa shape index (κ2) is 8.03. The van der Waals surface area contributed by atoms with Gasteiger partial charge in [-0.3, -0.25) is 4.79 Å². The van der Waals surface area contributed by atoms with Gasteiger partial charge in [-0.05, 0) is 60.7 Å². The van der Waals surface area contributed by atoms with Crippen LogP contribution >= 0.6 is 11.3 Å². The van der Waals surface area contributed by atoms with Gasteiger partial charge in [0.1, 0.15) is 11.5 Å². The minimum absolute atomic E-state index is 0.00852. The Morgan fingerprint density at radius 2 is 2.00 bits per heavy atom. The van der Waals surface area contributed by atoms with Crippen molar-refractivity contribution in [2.45, 2.75) is 26.9 Å². The second-order valence-electron chi connectivity index (χ2n) is 5.94. The molecule has 130 valence electrons. The lowest BCUT2D eigenvalue weighted by atomic mass is 10.1. The lowest BCUT2D eigenvalue weighted by molar-refractivity contribution is -0.134. The van der Waals surface area contributed by atoms with Gasteiger partial charge >= 0.3 is 0 Å². The maximum atomic E-state index is 12.7. The summed E-state index contributed by atoms with van der Waals surface area (Å²) in [5, 5.41) is 2.01. The van der Waals surface area contributed by atoms with E-state index < -0.39 is 0 Å². The third-order valence-corrected chi connectivity index (χ3v) is 4.91. The Balaban J connectivity index is 1.66. The second-order valence-corrected chi connectivity index (χ2v) is 6.98. The third-order valence-electron chi connectivity index (χ3n) is 4.05. The lowest BCUT2D eigenvalue weighted by Crippen LogP contribution is -2.33. The van der Waals surface area contributed by atoms with Gasteiger partial charge in [0.2, 0.25) is 0 Å². The van der Waals surface area contributed by atoms with E-state index in [1.54, 1.807) is 22.5 Å². The van der Waals surface area contributed by atoms with Crippen molar-refractivity contribution < 1.29 is 13.9 Å². The largest absolute Gasteiger partial charge is 0.484 e. The van der Waals surface area contributed by atoms with Crippen molar-refractivity contribution in [3.8, 4) is 5.75 Å². The molecule has 25 heavy (non-hydrogen) atoms. The van der Waals surface area contributed by atoms with Crippen molar-refractivity contribution in [3.05, 3.63) is 75.9 Å². The Hall–Kier alpha value is -2.53. The van der Waals surface area contributed by atoms with Gasteiger partial charge in [0.15, 0.2) is 6.61 Å². The summed E-state index contributed by atoms with van der Waals surface area (Å²) in [7, 11) is 0. The van der Waals surface area contributed by atoms with Crippen LogP contribution in [0.15, 0.2) is 58.5 Å². The van der Waals surface area contributed by atoms with Gasteiger partial charge in [-0.2, -0.15) is 0 Å². The summed E-state index contributed by atoms with van der Waals surface area (Å²) >= 11 is 1.63. The van der Waals surface area contributed by atoms with Gasteiger partial charge < -0.3 is 14.1 Å². The number of benzene rings is 1. The van der Waals surface area contributed by atoms with Crippen molar-refractivity contribution in [1.29, 1.82) is 0 Å². The van der Waals surface area contributed by atoms with Gasteiger partial charge in [-0.25, -0.2) is 0 Å². The molecule has 3 aromatic rings. The zero-order valence-electron chi connectivity index (χ0n) is 14.4. The van der Waals surface area contributed by atoms with Crippen LogP contribution in [-0.2, 0) is 17.9 Å². The summed E-state index contributed by atoms with van der Waals surface area (Å²) in [5.41, 5.74) is 2.35. The van der Waals surface area contributed by atoms with E-state index in [0.29, 0.717) is 18.8 Å². The number of aryl methyl sites for hydroxylation is 2. The Bertz CT molecular complexity index is 773. The van der Waals surface area contributed by atoms with Crippen molar-refractivity contribution >= 4 is 17.2 Å². The molecule has 1 amide bonds. The first-order valence-corrected chi connectivity index (χ1v) is 9.02. The lowest BCUT2D eigenvalue weighted by Gasteiger charge is -2.21. The fourth-order valence-corrected chi connectivity index (χ4v) is 3.17. The number of amides is 1. The normalized spacial score (nSPS) is 10.6. The minimum Gasteiger partial charge on any atom is -0.484 e. The molecule has 0 aliphatic carbocycles. The first-order chi connectivity index (χ1) is 12.1. The first kappa shape index (κ1) is 17.3. The SMILES string of the molecule is Cc1ccc(OCC(=O)N(Cc2ccco2)Cc2cccs2)cc1C. The van der Waals surface area contributed by atoms with Gasteiger partial charge in [0.05, 0.1) is 19.4 Å². The highest BCUT2D eigenvalue weighted by Gasteiger charge is 2.17. The maximum Gasteiger partial charge on any atom is 0.261 e. The summed E-state index contributed by atoms with van der Waals surface area (Å²) < 4.78 is 11.1. The molecule has 0 fully saturated rings. The van der Waals surface area contributed by atoms with Gasteiger partial charge in [0.25, 0.3) is 5.91 Å². The predicted octanol–water partition coefficient (Wildman–Crippen LogP) is 4.57. The molecule has 0 spiro atoms. The number of rotatable bonds is 7. The molecular weight excluding hydrogens is 334 g/mol. The highest BCUT2D eigenvalue weighted by atomic mass is 32.1. The number of hydrogen-bond acceptors (Lipinski definition) is 4. The fourth-order valence-electron chi connectivity index (χ4n) is 2.45. The van der Waals surface area contributed by atoms with Crippen LogP contribution in [0.2, 0.25) is 0 Å². The quantitative estimate of drug-likeness (QED) is 0.624. The third kappa shape index (κ3) is 4.73. The van der Waals surface area contributed by atoms with Gasteiger partial charge in [0, 0.05) is 4.88 Å². The summed E-state index contributed by atoms with van der Waals surface area (Å²) in [5.74, 6) is 1.41. The average molecular weight is 355 g/mol. The Morgan fingerprint density at radius 1 is 1.12 bits per heavy atom. The van der Waals surface area contributed by atoms with Crippen molar-refractivity contribution in [1.82, 2.24) is 4.90 Å². The summed E-state index contributed by atoms with van der Waals surface area (Å²) in [4.78, 5) is 15.6. The molecule has 3 rings (SSSR count). The van der Waals surface area contributed by atoms with E-state index >= 15 is 0 Å². The number of nitrogens with zero attached hydrogens (tertiary/aromatic N) is 1. The Kier molecular flexibility index (Phi) is 5.56. The van der Waals surface area contributed by atoms with Crippen LogP contribution in [0.4, 0.5) is 0 Å². The monoisotopic (exact) mass is 355 g/mol. The van der Waals surface area contributed by atoms with E-state index in [4.69, 9.17) is 9.15 Å². The van der Waals surface area contributed by atoms with Crippen molar-refractivity contribution in [2.24, 2.45) is 0 Å². The van der Waals surface area contributed by atoms with E-state index in [2.05, 4.69) is 6.92 Å². The zero-order chi connectivity index (χ0) is 17.6. The molecule has 0 atom stereocenters. The van der Waals surface area contributed by atoms with Crippen molar-refractivity contribution in [2.75, 3.05) is 6.61 Å². The highest BCUT2D eigenvalue weighted by Crippen LogP contribution is 2.18. The predicted molar refractivity (Wildman–Crippen MR) is 98.7 cm³/mol. The Morgan fingerprint density at radius 3 is 2.68 bits per heavy atom. The van der Waals surface area contributed by atoms with E-state index in [9.17, 15) is 4.79 Å². The van der Waals surface area contributed by atoms with Crippen LogP contribution in [0.25, 0.3) is 0 Å². The molecule has 1 aromatic carbocycles. The van der Waals surface area contributed by atoms with Crippen LogP contribution < -0.4 is 4.74 Å². The standard InChI is InChI=1S/C20H21NO3S/c1-15-7-8-17(11-16(15)2)24-14-20(22)21(12-18-5-3-9-23-18)13-19-6-4-10-25-19/h3-11H,12-14H2,1-2H3. The van der Waals surface area contributed by atoms with Crippen molar-refractivity contribution in [3.63, 3.8) is 0 Å². The molecular formula is C20H21NO3S. The number of hydrogen-bond donors (Lipinski definition) is 0.